The molecule has 2 aromatic rings. The molecule has 1 atom stereocenters. The smallest absolute Gasteiger partial charge is 0.321 e. The molecule has 2 aromatic carbocycles. The molecule has 0 unspecified atom stereocenters. The number of hydrogen-bond acceptors (Lipinski definition) is 2. The van der Waals surface area contributed by atoms with E-state index in [1.165, 1.54) is 9.13 Å². The Labute approximate surface area is 137 Å². The lowest BCUT2D eigenvalue weighted by Gasteiger charge is -2.34. The number of fused-ring (bicyclic) bond motifs is 1. The summed E-state index contributed by atoms with van der Waals surface area (Å²) in [6, 6.07) is 15.9. The van der Waals surface area contributed by atoms with Gasteiger partial charge >= 0.3 is 5.97 Å². The maximum Gasteiger partial charge on any atom is 0.321 e. The van der Waals surface area contributed by atoms with Crippen LogP contribution in [0.5, 0.6) is 0 Å². The number of carboxylic acids is 1. The Morgan fingerprint density at radius 2 is 1.81 bits per heavy atom. The number of carboxylic acid groups (broad SMARTS) is 1. The first-order chi connectivity index (χ1) is 10.1. The fourth-order valence-electron chi connectivity index (χ4n) is 2.81. The lowest BCUT2D eigenvalue weighted by molar-refractivity contribution is -0.144. The SMILES string of the molecule is O=C(O)[C@@H]1Cc2ccccc2CN1Cc1ccc(I)cc1. The maximum absolute atomic E-state index is 11.6. The van der Waals surface area contributed by atoms with Crippen molar-refractivity contribution in [1.82, 2.24) is 4.90 Å². The van der Waals surface area contributed by atoms with Crippen molar-refractivity contribution in [2.45, 2.75) is 25.6 Å². The van der Waals surface area contributed by atoms with Gasteiger partial charge < -0.3 is 5.11 Å². The molecule has 0 saturated heterocycles. The number of hydrogen-bond donors (Lipinski definition) is 1. The highest BCUT2D eigenvalue weighted by Gasteiger charge is 2.31. The first-order valence-corrected chi connectivity index (χ1v) is 7.99. The van der Waals surface area contributed by atoms with E-state index in [2.05, 4.69) is 52.9 Å². The number of halogens is 1. The molecule has 108 valence electrons. The first-order valence-electron chi connectivity index (χ1n) is 6.91. The summed E-state index contributed by atoms with van der Waals surface area (Å²) in [4.78, 5) is 13.6. The number of nitrogens with zero attached hydrogens (tertiary/aromatic N) is 1. The van der Waals surface area contributed by atoms with Crippen LogP contribution in [0, 0.1) is 3.57 Å². The van der Waals surface area contributed by atoms with Gasteiger partial charge in [-0.15, -0.1) is 0 Å². The summed E-state index contributed by atoms with van der Waals surface area (Å²) in [5, 5.41) is 9.51. The van der Waals surface area contributed by atoms with Crippen LogP contribution in [0.25, 0.3) is 0 Å². The van der Waals surface area contributed by atoms with Crippen molar-refractivity contribution >= 4 is 28.6 Å². The van der Waals surface area contributed by atoms with Crippen LogP contribution in [-0.2, 0) is 24.3 Å². The highest BCUT2D eigenvalue weighted by Crippen LogP contribution is 2.25. The van der Waals surface area contributed by atoms with Gasteiger partial charge in [0.15, 0.2) is 0 Å². The fourth-order valence-corrected chi connectivity index (χ4v) is 3.17. The molecule has 1 heterocycles. The van der Waals surface area contributed by atoms with Gasteiger partial charge in [0, 0.05) is 16.7 Å². The molecule has 21 heavy (non-hydrogen) atoms. The molecular weight excluding hydrogens is 377 g/mol. The van der Waals surface area contributed by atoms with E-state index in [1.807, 2.05) is 23.1 Å². The van der Waals surface area contributed by atoms with E-state index in [0.717, 1.165) is 11.1 Å². The molecule has 0 amide bonds. The van der Waals surface area contributed by atoms with Crippen LogP contribution < -0.4 is 0 Å². The van der Waals surface area contributed by atoms with Crippen LogP contribution in [0.2, 0.25) is 0 Å². The third-order valence-corrected chi connectivity index (χ3v) is 4.65. The Balaban J connectivity index is 1.85. The Bertz CT molecular complexity index is 654. The van der Waals surface area contributed by atoms with Gasteiger partial charge in [0.1, 0.15) is 6.04 Å². The maximum atomic E-state index is 11.6. The van der Waals surface area contributed by atoms with Gasteiger partial charge in [-0.25, -0.2) is 0 Å². The quantitative estimate of drug-likeness (QED) is 0.814. The van der Waals surface area contributed by atoms with Gasteiger partial charge in [0.05, 0.1) is 0 Å². The zero-order valence-electron chi connectivity index (χ0n) is 11.5. The van der Waals surface area contributed by atoms with Crippen LogP contribution in [0.15, 0.2) is 48.5 Å². The van der Waals surface area contributed by atoms with Crippen molar-refractivity contribution < 1.29 is 9.90 Å². The molecule has 1 aliphatic heterocycles. The first kappa shape index (κ1) is 14.5. The molecule has 0 aliphatic carbocycles. The molecule has 0 saturated carbocycles. The summed E-state index contributed by atoms with van der Waals surface area (Å²) in [5.41, 5.74) is 3.55. The van der Waals surface area contributed by atoms with Gasteiger partial charge in [-0.1, -0.05) is 36.4 Å². The minimum absolute atomic E-state index is 0.445. The molecule has 0 fully saturated rings. The second-order valence-electron chi connectivity index (χ2n) is 5.36. The molecule has 1 N–H and O–H groups in total. The second-order valence-corrected chi connectivity index (χ2v) is 6.60. The molecule has 1 aliphatic rings. The van der Waals surface area contributed by atoms with Crippen LogP contribution in [0.4, 0.5) is 0 Å². The average molecular weight is 393 g/mol. The van der Waals surface area contributed by atoms with E-state index in [-0.39, 0.29) is 0 Å². The largest absolute Gasteiger partial charge is 0.480 e. The monoisotopic (exact) mass is 393 g/mol. The summed E-state index contributed by atoms with van der Waals surface area (Å²) in [6.45, 7) is 1.36. The van der Waals surface area contributed by atoms with Crippen molar-refractivity contribution in [2.24, 2.45) is 0 Å². The number of aliphatic carboxylic acids is 1. The molecule has 3 nitrogen and oxygen atoms in total. The minimum atomic E-state index is -0.741. The standard InChI is InChI=1S/C17H16INO2/c18-15-7-5-12(6-8-15)10-19-11-14-4-2-1-3-13(14)9-16(19)17(20)21/h1-8,16H,9-11H2,(H,20,21)/t16-/m0/s1. The normalized spacial score (nSPS) is 18.2. The van der Waals surface area contributed by atoms with E-state index in [9.17, 15) is 9.90 Å². The molecular formula is C17H16INO2. The lowest BCUT2D eigenvalue weighted by atomic mass is 9.93. The van der Waals surface area contributed by atoms with Crippen molar-refractivity contribution in [3.8, 4) is 0 Å². The van der Waals surface area contributed by atoms with Crippen molar-refractivity contribution in [2.75, 3.05) is 0 Å². The predicted octanol–water partition coefficient (Wildman–Crippen LogP) is 3.30. The third kappa shape index (κ3) is 3.27. The summed E-state index contributed by atoms with van der Waals surface area (Å²) >= 11 is 2.27. The number of carbonyl (C=O) groups is 1. The number of benzene rings is 2. The minimum Gasteiger partial charge on any atom is -0.480 e. The van der Waals surface area contributed by atoms with Crippen LogP contribution in [-0.4, -0.2) is 22.0 Å². The molecule has 0 aromatic heterocycles. The highest BCUT2D eigenvalue weighted by atomic mass is 127. The molecule has 4 heteroatoms. The van der Waals surface area contributed by atoms with Crippen LogP contribution in [0.1, 0.15) is 16.7 Å². The predicted molar refractivity (Wildman–Crippen MR) is 90.0 cm³/mol. The summed E-state index contributed by atoms with van der Waals surface area (Å²) in [5.74, 6) is -0.741. The van der Waals surface area contributed by atoms with Gasteiger partial charge in [0.25, 0.3) is 0 Å². The molecule has 0 bridgehead atoms. The van der Waals surface area contributed by atoms with Crippen LogP contribution >= 0.6 is 22.6 Å². The fraction of sp³-hybridized carbons (Fsp3) is 0.235. The Morgan fingerprint density at radius 3 is 2.48 bits per heavy atom. The van der Waals surface area contributed by atoms with Gasteiger partial charge in [0.2, 0.25) is 0 Å². The lowest BCUT2D eigenvalue weighted by Crippen LogP contribution is -2.44. The third-order valence-electron chi connectivity index (χ3n) is 3.93. The van der Waals surface area contributed by atoms with E-state index in [4.69, 9.17) is 0 Å². The van der Waals surface area contributed by atoms with E-state index in [1.54, 1.807) is 0 Å². The Kier molecular flexibility index (Phi) is 4.26. The topological polar surface area (TPSA) is 40.5 Å². The summed E-state index contributed by atoms with van der Waals surface area (Å²) in [7, 11) is 0. The van der Waals surface area contributed by atoms with Crippen molar-refractivity contribution in [3.63, 3.8) is 0 Å². The molecule has 0 spiro atoms. The van der Waals surface area contributed by atoms with E-state index in [0.29, 0.717) is 19.5 Å². The Morgan fingerprint density at radius 1 is 1.14 bits per heavy atom. The Hall–Kier alpha value is -1.40. The van der Waals surface area contributed by atoms with E-state index >= 15 is 0 Å². The summed E-state index contributed by atoms with van der Waals surface area (Å²) in [6.07, 6.45) is 0.579. The molecule has 3 rings (SSSR count). The van der Waals surface area contributed by atoms with E-state index < -0.39 is 12.0 Å². The second kappa shape index (κ2) is 6.15. The zero-order valence-corrected chi connectivity index (χ0v) is 13.7. The average Bonchev–Trinajstić information content (AvgIpc) is 2.48. The molecule has 0 radical (unpaired) electrons. The zero-order chi connectivity index (χ0) is 14.8. The van der Waals surface area contributed by atoms with Crippen molar-refractivity contribution in [1.29, 1.82) is 0 Å². The number of rotatable bonds is 3. The highest BCUT2D eigenvalue weighted by molar-refractivity contribution is 14.1. The van der Waals surface area contributed by atoms with Crippen molar-refractivity contribution in [3.05, 3.63) is 68.8 Å². The van der Waals surface area contributed by atoms with Gasteiger partial charge in [-0.3, -0.25) is 9.69 Å². The van der Waals surface area contributed by atoms with Gasteiger partial charge in [-0.2, -0.15) is 0 Å². The summed E-state index contributed by atoms with van der Waals surface area (Å²) < 4.78 is 1.19. The van der Waals surface area contributed by atoms with Crippen LogP contribution in [0.3, 0.4) is 0 Å². The van der Waals surface area contributed by atoms with Gasteiger partial charge in [-0.05, 0) is 57.8 Å².